The number of carbonyl (C=O) groups excluding carboxylic acids is 1. The Labute approximate surface area is 183 Å². The maximum Gasteiger partial charge on any atom is 0.262 e. The third kappa shape index (κ3) is 4.94. The molecular formula is C21H16Cl2N4O3. The van der Waals surface area contributed by atoms with Gasteiger partial charge in [0.25, 0.3) is 11.8 Å². The van der Waals surface area contributed by atoms with Crippen LogP contribution in [0.15, 0.2) is 77.6 Å². The van der Waals surface area contributed by atoms with Gasteiger partial charge in [0.2, 0.25) is 5.82 Å². The van der Waals surface area contributed by atoms with E-state index in [1.165, 1.54) is 0 Å². The molecule has 0 radical (unpaired) electrons. The maximum absolute atomic E-state index is 12.1. The quantitative estimate of drug-likeness (QED) is 0.456. The molecule has 0 spiro atoms. The number of nitrogens with zero attached hydrogens (tertiary/aromatic N) is 3. The molecule has 0 aliphatic carbocycles. The lowest BCUT2D eigenvalue weighted by Gasteiger charge is -2.09. The Morgan fingerprint density at radius 3 is 2.57 bits per heavy atom. The van der Waals surface area contributed by atoms with Crippen LogP contribution in [0.5, 0.6) is 5.75 Å². The van der Waals surface area contributed by atoms with Crippen LogP contribution in [0, 0.1) is 0 Å². The highest BCUT2D eigenvalue weighted by Crippen LogP contribution is 2.31. The van der Waals surface area contributed by atoms with Crippen molar-refractivity contribution in [1.29, 1.82) is 0 Å². The molecule has 0 bridgehead atoms. The summed E-state index contributed by atoms with van der Waals surface area (Å²) in [6.45, 7) is -0.183. The molecule has 2 aromatic heterocycles. The number of para-hydroxylation sites is 1. The molecule has 1 amide bonds. The Bertz CT molecular complexity index is 1140. The lowest BCUT2D eigenvalue weighted by Crippen LogP contribution is -2.20. The smallest absolute Gasteiger partial charge is 0.262 e. The fourth-order valence-corrected chi connectivity index (χ4v) is 2.85. The van der Waals surface area contributed by atoms with Gasteiger partial charge in [-0.2, -0.15) is 4.98 Å². The molecule has 0 atom stereocenters. The minimum Gasteiger partial charge on any atom is -0.483 e. The SMILES string of the molecule is Cl.O=C(COc1ccccc1-c1nc(-c2ccccc2Cl)no1)Nc1cccnc1. The Morgan fingerprint density at radius 2 is 1.80 bits per heavy atom. The summed E-state index contributed by atoms with van der Waals surface area (Å²) < 4.78 is 11.1. The zero-order valence-electron chi connectivity index (χ0n) is 15.5. The van der Waals surface area contributed by atoms with Gasteiger partial charge in [0.15, 0.2) is 6.61 Å². The Morgan fingerprint density at radius 1 is 1.03 bits per heavy atom. The van der Waals surface area contributed by atoms with Crippen molar-refractivity contribution in [2.75, 3.05) is 11.9 Å². The standard InChI is InChI=1S/C21H15ClN4O3.ClH/c22-17-9-3-1-7-15(17)20-25-21(29-26-20)16-8-2-4-10-18(16)28-13-19(27)24-14-6-5-11-23-12-14;/h1-12H,13H2,(H,24,27);1H. The van der Waals surface area contributed by atoms with Crippen LogP contribution in [-0.4, -0.2) is 27.6 Å². The Balaban J connectivity index is 0.00000256. The zero-order valence-corrected chi connectivity index (χ0v) is 17.1. The first-order valence-electron chi connectivity index (χ1n) is 8.71. The molecule has 0 unspecified atom stereocenters. The van der Waals surface area contributed by atoms with Crippen LogP contribution >= 0.6 is 24.0 Å². The number of benzene rings is 2. The van der Waals surface area contributed by atoms with Gasteiger partial charge in [-0.05, 0) is 36.4 Å². The van der Waals surface area contributed by atoms with Gasteiger partial charge >= 0.3 is 0 Å². The van der Waals surface area contributed by atoms with Crippen molar-refractivity contribution in [2.24, 2.45) is 0 Å². The van der Waals surface area contributed by atoms with Crippen molar-refractivity contribution in [3.63, 3.8) is 0 Å². The number of aromatic nitrogens is 3. The molecule has 0 saturated carbocycles. The second-order valence-corrected chi connectivity index (χ2v) is 6.38. The highest BCUT2D eigenvalue weighted by atomic mass is 35.5. The van der Waals surface area contributed by atoms with Crippen LogP contribution in [0.1, 0.15) is 0 Å². The number of amides is 1. The van der Waals surface area contributed by atoms with Crippen LogP contribution < -0.4 is 10.1 Å². The van der Waals surface area contributed by atoms with Crippen molar-refractivity contribution in [3.8, 4) is 28.6 Å². The summed E-state index contributed by atoms with van der Waals surface area (Å²) in [7, 11) is 0. The molecule has 0 aliphatic heterocycles. The van der Waals surface area contributed by atoms with Crippen LogP contribution in [0.2, 0.25) is 5.02 Å². The lowest BCUT2D eigenvalue weighted by atomic mass is 10.2. The first kappa shape index (κ1) is 21.3. The van der Waals surface area contributed by atoms with Crippen molar-refractivity contribution in [2.45, 2.75) is 0 Å². The molecule has 1 N–H and O–H groups in total. The van der Waals surface area contributed by atoms with Gasteiger partial charge in [-0.3, -0.25) is 9.78 Å². The largest absolute Gasteiger partial charge is 0.483 e. The molecule has 0 saturated heterocycles. The molecule has 4 rings (SSSR count). The molecular weight excluding hydrogens is 427 g/mol. The Kier molecular flexibility index (Phi) is 7.00. The van der Waals surface area contributed by atoms with Crippen LogP contribution in [0.4, 0.5) is 5.69 Å². The fourth-order valence-electron chi connectivity index (χ4n) is 2.63. The van der Waals surface area contributed by atoms with E-state index in [4.69, 9.17) is 20.9 Å². The molecule has 2 heterocycles. The first-order chi connectivity index (χ1) is 14.2. The molecule has 4 aromatic rings. The highest BCUT2D eigenvalue weighted by molar-refractivity contribution is 6.33. The van der Waals surface area contributed by atoms with E-state index < -0.39 is 0 Å². The third-order valence-electron chi connectivity index (χ3n) is 3.96. The molecule has 9 heteroatoms. The summed E-state index contributed by atoms with van der Waals surface area (Å²) in [5.41, 5.74) is 1.83. The van der Waals surface area contributed by atoms with Crippen molar-refractivity contribution in [1.82, 2.24) is 15.1 Å². The number of halogens is 2. The van der Waals surface area contributed by atoms with E-state index >= 15 is 0 Å². The van der Waals surface area contributed by atoms with Gasteiger partial charge in [0, 0.05) is 11.8 Å². The van der Waals surface area contributed by atoms with E-state index in [-0.39, 0.29) is 30.8 Å². The predicted octanol–water partition coefficient (Wildman–Crippen LogP) is 4.89. The minimum atomic E-state index is -0.310. The zero-order chi connectivity index (χ0) is 20.1. The summed E-state index contributed by atoms with van der Waals surface area (Å²) in [4.78, 5) is 20.5. The second-order valence-electron chi connectivity index (χ2n) is 5.98. The predicted molar refractivity (Wildman–Crippen MR) is 116 cm³/mol. The minimum absolute atomic E-state index is 0. The van der Waals surface area contributed by atoms with Crippen LogP contribution in [0.3, 0.4) is 0 Å². The van der Waals surface area contributed by atoms with E-state index in [0.29, 0.717) is 33.4 Å². The normalized spacial score (nSPS) is 10.2. The molecule has 30 heavy (non-hydrogen) atoms. The van der Waals surface area contributed by atoms with Gasteiger partial charge in [-0.25, -0.2) is 0 Å². The molecule has 0 aliphatic rings. The monoisotopic (exact) mass is 442 g/mol. The second kappa shape index (κ2) is 9.87. The number of nitrogens with one attached hydrogen (secondary N) is 1. The van der Waals surface area contributed by atoms with Gasteiger partial charge in [-0.15, -0.1) is 12.4 Å². The topological polar surface area (TPSA) is 90.1 Å². The first-order valence-corrected chi connectivity index (χ1v) is 9.09. The molecule has 2 aromatic carbocycles. The summed E-state index contributed by atoms with van der Waals surface area (Å²) in [6, 6.07) is 17.8. The number of anilines is 1. The highest BCUT2D eigenvalue weighted by Gasteiger charge is 2.17. The summed E-state index contributed by atoms with van der Waals surface area (Å²) in [5, 5.41) is 7.24. The number of ether oxygens (including phenoxy) is 1. The Hall–Kier alpha value is -3.42. The van der Waals surface area contributed by atoms with Crippen molar-refractivity contribution < 1.29 is 14.1 Å². The van der Waals surface area contributed by atoms with Crippen LogP contribution in [0.25, 0.3) is 22.8 Å². The number of pyridine rings is 1. The van der Waals surface area contributed by atoms with E-state index in [9.17, 15) is 4.79 Å². The molecule has 7 nitrogen and oxygen atoms in total. The van der Waals surface area contributed by atoms with Crippen LogP contribution in [-0.2, 0) is 4.79 Å². The van der Waals surface area contributed by atoms with E-state index in [1.807, 2.05) is 24.3 Å². The maximum atomic E-state index is 12.1. The number of hydrogen-bond acceptors (Lipinski definition) is 6. The summed E-state index contributed by atoms with van der Waals surface area (Å²) in [5.74, 6) is 0.774. The number of carbonyl (C=O) groups is 1. The van der Waals surface area contributed by atoms with Gasteiger partial charge in [0.1, 0.15) is 5.75 Å². The lowest BCUT2D eigenvalue weighted by molar-refractivity contribution is -0.118. The average molecular weight is 443 g/mol. The number of hydrogen-bond donors (Lipinski definition) is 1. The van der Waals surface area contributed by atoms with Crippen molar-refractivity contribution >= 4 is 35.6 Å². The van der Waals surface area contributed by atoms with Gasteiger partial charge in [-0.1, -0.05) is 41.0 Å². The van der Waals surface area contributed by atoms with E-state index in [1.54, 1.807) is 48.8 Å². The van der Waals surface area contributed by atoms with E-state index in [0.717, 1.165) is 0 Å². The average Bonchev–Trinajstić information content (AvgIpc) is 3.23. The molecule has 0 fully saturated rings. The van der Waals surface area contributed by atoms with Gasteiger partial charge in [0.05, 0.1) is 22.5 Å². The van der Waals surface area contributed by atoms with E-state index in [2.05, 4.69) is 20.4 Å². The summed E-state index contributed by atoms with van der Waals surface area (Å²) >= 11 is 6.20. The summed E-state index contributed by atoms with van der Waals surface area (Å²) in [6.07, 6.45) is 3.18. The van der Waals surface area contributed by atoms with Gasteiger partial charge < -0.3 is 14.6 Å². The third-order valence-corrected chi connectivity index (χ3v) is 4.29. The fraction of sp³-hybridized carbons (Fsp3) is 0.0476. The van der Waals surface area contributed by atoms with Crippen molar-refractivity contribution in [3.05, 3.63) is 78.1 Å². The number of rotatable bonds is 6. The molecule has 152 valence electrons.